The minimum atomic E-state index is -0.773. The van der Waals surface area contributed by atoms with Crippen molar-refractivity contribution in [2.75, 3.05) is 60.2 Å². The molecule has 1 amide bonds. The molecule has 38 heavy (non-hydrogen) atoms. The summed E-state index contributed by atoms with van der Waals surface area (Å²) in [5.41, 5.74) is 1.92. The minimum absolute atomic E-state index is 0.0563. The van der Waals surface area contributed by atoms with Crippen LogP contribution in [0.25, 0.3) is 5.76 Å². The van der Waals surface area contributed by atoms with Crippen molar-refractivity contribution in [1.82, 2.24) is 9.80 Å². The zero-order valence-corrected chi connectivity index (χ0v) is 22.5. The van der Waals surface area contributed by atoms with Crippen LogP contribution in [-0.2, 0) is 14.3 Å². The van der Waals surface area contributed by atoms with Crippen LogP contribution in [0.5, 0.6) is 17.2 Å². The minimum Gasteiger partial charge on any atom is -0.507 e. The number of Topliss-reactive ketones (excluding diaryl/α,β-unsaturated/α-hetero) is 1. The Morgan fingerprint density at radius 1 is 1.03 bits per heavy atom. The Morgan fingerprint density at radius 3 is 2.42 bits per heavy atom. The fourth-order valence-corrected chi connectivity index (χ4v) is 5.07. The molecule has 2 heterocycles. The van der Waals surface area contributed by atoms with Crippen LogP contribution >= 0.6 is 0 Å². The van der Waals surface area contributed by atoms with E-state index < -0.39 is 17.7 Å². The number of carbonyl (C=O) groups excluding carboxylic acids is 2. The monoisotopic (exact) mass is 524 g/mol. The highest BCUT2D eigenvalue weighted by atomic mass is 16.5. The van der Waals surface area contributed by atoms with Crippen molar-refractivity contribution < 1.29 is 33.6 Å². The second-order valence-corrected chi connectivity index (χ2v) is 9.32. The predicted molar refractivity (Wildman–Crippen MR) is 143 cm³/mol. The average Bonchev–Trinajstić information content (AvgIpc) is 3.18. The molecule has 9 nitrogen and oxygen atoms in total. The molecule has 2 saturated heterocycles. The number of ether oxygens (including phenoxy) is 4. The number of morpholine rings is 1. The van der Waals surface area contributed by atoms with Gasteiger partial charge in [0.1, 0.15) is 11.5 Å². The lowest BCUT2D eigenvalue weighted by Gasteiger charge is -2.29. The van der Waals surface area contributed by atoms with Gasteiger partial charge in [0.2, 0.25) is 0 Å². The third kappa shape index (κ3) is 5.63. The van der Waals surface area contributed by atoms with Crippen molar-refractivity contribution in [3.05, 3.63) is 58.7 Å². The van der Waals surface area contributed by atoms with E-state index in [-0.39, 0.29) is 11.3 Å². The van der Waals surface area contributed by atoms with Gasteiger partial charge in [-0.1, -0.05) is 6.07 Å². The van der Waals surface area contributed by atoms with E-state index in [1.54, 1.807) is 42.3 Å². The van der Waals surface area contributed by atoms with E-state index in [4.69, 9.17) is 18.9 Å². The summed E-state index contributed by atoms with van der Waals surface area (Å²) in [5, 5.41) is 11.5. The third-order valence-corrected chi connectivity index (χ3v) is 7.00. The molecule has 0 saturated carbocycles. The van der Waals surface area contributed by atoms with Gasteiger partial charge in [0.15, 0.2) is 11.5 Å². The molecule has 0 spiro atoms. The maximum atomic E-state index is 13.4. The van der Waals surface area contributed by atoms with Gasteiger partial charge in [-0.25, -0.2) is 0 Å². The first-order valence-electron chi connectivity index (χ1n) is 12.9. The lowest BCUT2D eigenvalue weighted by atomic mass is 9.93. The number of hydrogen-bond donors (Lipinski definition) is 1. The first kappa shape index (κ1) is 27.5. The molecule has 1 atom stereocenters. The quantitative estimate of drug-likeness (QED) is 0.286. The number of aryl methyl sites for hydroxylation is 1. The fourth-order valence-electron chi connectivity index (χ4n) is 5.07. The molecule has 2 aromatic rings. The predicted octanol–water partition coefficient (Wildman–Crippen LogP) is 3.55. The van der Waals surface area contributed by atoms with Gasteiger partial charge < -0.3 is 29.0 Å². The number of benzene rings is 2. The topological polar surface area (TPSA) is 97.8 Å². The van der Waals surface area contributed by atoms with Crippen LogP contribution in [0, 0.1) is 6.92 Å². The van der Waals surface area contributed by atoms with Gasteiger partial charge in [0.05, 0.1) is 45.7 Å². The van der Waals surface area contributed by atoms with E-state index in [0.29, 0.717) is 61.2 Å². The Morgan fingerprint density at radius 2 is 1.76 bits per heavy atom. The molecular weight excluding hydrogens is 488 g/mol. The molecule has 0 aromatic heterocycles. The Kier molecular flexibility index (Phi) is 8.91. The number of ketones is 1. The van der Waals surface area contributed by atoms with E-state index in [0.717, 1.165) is 25.2 Å². The average molecular weight is 525 g/mol. The Hall–Kier alpha value is -3.56. The molecule has 9 heteroatoms. The molecule has 2 aliphatic heterocycles. The molecule has 2 aliphatic rings. The summed E-state index contributed by atoms with van der Waals surface area (Å²) in [6, 6.07) is 9.79. The number of aliphatic hydroxyl groups is 1. The highest BCUT2D eigenvalue weighted by Gasteiger charge is 2.46. The highest BCUT2D eigenvalue weighted by molar-refractivity contribution is 6.46. The van der Waals surface area contributed by atoms with Gasteiger partial charge in [-0.15, -0.1) is 0 Å². The van der Waals surface area contributed by atoms with Gasteiger partial charge in [-0.2, -0.15) is 0 Å². The number of methoxy groups -OCH3 is 2. The van der Waals surface area contributed by atoms with Crippen LogP contribution in [0.4, 0.5) is 0 Å². The van der Waals surface area contributed by atoms with Crippen LogP contribution in [0.2, 0.25) is 0 Å². The lowest BCUT2D eigenvalue weighted by molar-refractivity contribution is -0.140. The standard InChI is InChI=1S/C29H36N2O7/c1-5-38-21-8-9-22(19(2)17-21)27(32)25-26(20-7-10-23(35-3)24(18-20)36-4)31(29(34)28(25)33)12-6-11-30-13-15-37-16-14-30/h7-10,17-18,26,32H,5-6,11-16H2,1-4H3/t26-/m0/s1. The van der Waals surface area contributed by atoms with Crippen molar-refractivity contribution in [1.29, 1.82) is 0 Å². The van der Waals surface area contributed by atoms with Crippen molar-refractivity contribution in [2.45, 2.75) is 26.3 Å². The third-order valence-electron chi connectivity index (χ3n) is 7.00. The Labute approximate surface area is 223 Å². The Bertz CT molecular complexity index is 1200. The molecule has 0 aliphatic carbocycles. The van der Waals surface area contributed by atoms with Crippen LogP contribution < -0.4 is 14.2 Å². The maximum Gasteiger partial charge on any atom is 0.295 e. The van der Waals surface area contributed by atoms with Gasteiger partial charge in [0, 0.05) is 31.7 Å². The van der Waals surface area contributed by atoms with Crippen molar-refractivity contribution in [2.24, 2.45) is 0 Å². The van der Waals surface area contributed by atoms with E-state index in [2.05, 4.69) is 4.90 Å². The normalized spacial score (nSPS) is 19.6. The maximum absolute atomic E-state index is 13.4. The molecule has 2 aromatic carbocycles. The molecule has 4 rings (SSSR count). The van der Waals surface area contributed by atoms with Crippen LogP contribution in [-0.4, -0.2) is 86.8 Å². The van der Waals surface area contributed by atoms with E-state index in [1.165, 1.54) is 7.11 Å². The van der Waals surface area contributed by atoms with Gasteiger partial charge in [-0.3, -0.25) is 14.5 Å². The SMILES string of the molecule is CCOc1ccc(C(O)=C2C(=O)C(=O)N(CCCN3CCOCC3)[C@H]2c2ccc(OC)c(OC)c2)c(C)c1. The van der Waals surface area contributed by atoms with Crippen molar-refractivity contribution in [3.8, 4) is 17.2 Å². The van der Waals surface area contributed by atoms with E-state index in [9.17, 15) is 14.7 Å². The molecule has 0 unspecified atom stereocenters. The van der Waals surface area contributed by atoms with Crippen molar-refractivity contribution >= 4 is 17.4 Å². The first-order valence-corrected chi connectivity index (χ1v) is 12.9. The van der Waals surface area contributed by atoms with Gasteiger partial charge in [0.25, 0.3) is 11.7 Å². The molecule has 204 valence electrons. The smallest absolute Gasteiger partial charge is 0.295 e. The summed E-state index contributed by atoms with van der Waals surface area (Å²) >= 11 is 0. The van der Waals surface area contributed by atoms with E-state index in [1.807, 2.05) is 19.9 Å². The summed E-state index contributed by atoms with van der Waals surface area (Å²) in [4.78, 5) is 30.6. The van der Waals surface area contributed by atoms with Crippen molar-refractivity contribution in [3.63, 3.8) is 0 Å². The molecular formula is C29H36N2O7. The Balaban J connectivity index is 1.74. The number of aliphatic hydroxyl groups excluding tert-OH is 1. The number of nitrogens with zero attached hydrogens (tertiary/aromatic N) is 2. The lowest BCUT2D eigenvalue weighted by Crippen LogP contribution is -2.39. The second-order valence-electron chi connectivity index (χ2n) is 9.32. The molecule has 1 N–H and O–H groups in total. The van der Waals surface area contributed by atoms with Crippen LogP contribution in [0.15, 0.2) is 42.0 Å². The first-order chi connectivity index (χ1) is 18.4. The largest absolute Gasteiger partial charge is 0.507 e. The zero-order chi connectivity index (χ0) is 27.2. The number of carbonyl (C=O) groups is 2. The molecule has 2 fully saturated rings. The summed E-state index contributed by atoms with van der Waals surface area (Å²) in [6.45, 7) is 8.45. The molecule has 0 radical (unpaired) electrons. The van der Waals surface area contributed by atoms with E-state index >= 15 is 0 Å². The summed E-state index contributed by atoms with van der Waals surface area (Å²) in [6.07, 6.45) is 0.679. The zero-order valence-electron chi connectivity index (χ0n) is 22.5. The molecule has 0 bridgehead atoms. The number of hydrogen-bond acceptors (Lipinski definition) is 8. The number of rotatable bonds is 10. The summed E-state index contributed by atoms with van der Waals surface area (Å²) in [5.74, 6) is 0.129. The fraction of sp³-hybridized carbons (Fsp3) is 0.448. The highest BCUT2D eigenvalue weighted by Crippen LogP contribution is 2.42. The van der Waals surface area contributed by atoms with Gasteiger partial charge in [-0.05, 0) is 61.7 Å². The number of amides is 1. The number of likely N-dealkylation sites (tertiary alicyclic amines) is 1. The summed E-state index contributed by atoms with van der Waals surface area (Å²) in [7, 11) is 3.08. The van der Waals surface area contributed by atoms with Crippen LogP contribution in [0.3, 0.4) is 0 Å². The van der Waals surface area contributed by atoms with Crippen LogP contribution in [0.1, 0.15) is 36.1 Å². The van der Waals surface area contributed by atoms with Gasteiger partial charge >= 0.3 is 0 Å². The second kappa shape index (κ2) is 12.3. The summed E-state index contributed by atoms with van der Waals surface area (Å²) < 4.78 is 21.9.